The highest BCUT2D eigenvalue weighted by Crippen LogP contribution is 2.16. The molecule has 1 aromatic carbocycles. The molecular formula is C13H15IN2O3. The number of likely N-dealkylation sites (tertiary alicyclic amines) is 1. The van der Waals surface area contributed by atoms with Crippen LogP contribution < -0.4 is 5.32 Å². The van der Waals surface area contributed by atoms with Crippen molar-refractivity contribution in [3.8, 4) is 0 Å². The number of anilines is 1. The van der Waals surface area contributed by atoms with E-state index in [0.29, 0.717) is 19.5 Å². The molecule has 1 saturated heterocycles. The lowest BCUT2D eigenvalue weighted by atomic mass is 10.1. The predicted molar refractivity (Wildman–Crippen MR) is 80.0 cm³/mol. The Labute approximate surface area is 125 Å². The summed E-state index contributed by atoms with van der Waals surface area (Å²) in [6.45, 7) is 1.36. The summed E-state index contributed by atoms with van der Waals surface area (Å²) in [5.74, 6) is -1.22. The lowest BCUT2D eigenvalue weighted by molar-refractivity contribution is -0.141. The van der Waals surface area contributed by atoms with Gasteiger partial charge in [-0.25, -0.2) is 0 Å². The lowest BCUT2D eigenvalue weighted by Crippen LogP contribution is -2.32. The van der Waals surface area contributed by atoms with Crippen molar-refractivity contribution >= 4 is 40.2 Å². The molecule has 6 heteroatoms. The molecule has 0 aromatic heterocycles. The van der Waals surface area contributed by atoms with Gasteiger partial charge in [-0.1, -0.05) is 6.07 Å². The Morgan fingerprint density at radius 1 is 1.47 bits per heavy atom. The second kappa shape index (κ2) is 6.33. The van der Waals surface area contributed by atoms with Gasteiger partial charge in [0, 0.05) is 15.8 Å². The van der Waals surface area contributed by atoms with E-state index < -0.39 is 5.97 Å². The zero-order valence-corrected chi connectivity index (χ0v) is 12.5. The van der Waals surface area contributed by atoms with E-state index in [4.69, 9.17) is 5.11 Å². The Balaban J connectivity index is 1.84. The van der Waals surface area contributed by atoms with Gasteiger partial charge in [-0.15, -0.1) is 0 Å². The van der Waals surface area contributed by atoms with E-state index in [9.17, 15) is 9.59 Å². The van der Waals surface area contributed by atoms with Crippen molar-refractivity contribution in [3.63, 3.8) is 0 Å². The average molecular weight is 374 g/mol. The normalized spacial score (nSPS) is 19.3. The molecule has 1 fully saturated rings. The zero-order chi connectivity index (χ0) is 13.8. The van der Waals surface area contributed by atoms with Crippen molar-refractivity contribution in [2.45, 2.75) is 6.42 Å². The summed E-state index contributed by atoms with van der Waals surface area (Å²) < 4.78 is 1.06. The van der Waals surface area contributed by atoms with E-state index in [1.165, 1.54) is 0 Å². The Hall–Kier alpha value is -1.15. The largest absolute Gasteiger partial charge is 0.481 e. The maximum atomic E-state index is 11.9. The van der Waals surface area contributed by atoms with Gasteiger partial charge in [0.15, 0.2) is 0 Å². The van der Waals surface area contributed by atoms with Crippen molar-refractivity contribution in [2.24, 2.45) is 5.92 Å². The summed E-state index contributed by atoms with van der Waals surface area (Å²) in [6.07, 6.45) is 0.617. The number of hydrogen-bond acceptors (Lipinski definition) is 3. The van der Waals surface area contributed by atoms with Crippen LogP contribution >= 0.6 is 22.6 Å². The summed E-state index contributed by atoms with van der Waals surface area (Å²) in [6, 6.07) is 7.56. The molecule has 1 aliphatic heterocycles. The molecule has 0 radical (unpaired) electrons. The molecule has 102 valence electrons. The average Bonchev–Trinajstić information content (AvgIpc) is 2.77. The Kier molecular flexibility index (Phi) is 4.76. The number of nitrogens with zero attached hydrogens (tertiary/aromatic N) is 1. The molecule has 0 bridgehead atoms. The van der Waals surface area contributed by atoms with Gasteiger partial charge in [-0.3, -0.25) is 14.5 Å². The zero-order valence-electron chi connectivity index (χ0n) is 10.3. The number of hydrogen-bond donors (Lipinski definition) is 2. The van der Waals surface area contributed by atoms with E-state index in [1.54, 1.807) is 0 Å². The van der Waals surface area contributed by atoms with Gasteiger partial charge in [0.1, 0.15) is 0 Å². The van der Waals surface area contributed by atoms with E-state index in [0.717, 1.165) is 9.26 Å². The third-order valence-electron chi connectivity index (χ3n) is 3.10. The third kappa shape index (κ3) is 4.17. The van der Waals surface area contributed by atoms with Crippen LogP contribution in [0.4, 0.5) is 5.69 Å². The van der Waals surface area contributed by atoms with Crippen LogP contribution in [0.15, 0.2) is 24.3 Å². The van der Waals surface area contributed by atoms with E-state index in [1.807, 2.05) is 29.2 Å². The number of carbonyl (C=O) groups excluding carboxylic acids is 1. The number of carboxylic acids is 1. The van der Waals surface area contributed by atoms with Gasteiger partial charge in [-0.2, -0.15) is 0 Å². The van der Waals surface area contributed by atoms with Gasteiger partial charge in [-0.05, 0) is 53.8 Å². The van der Waals surface area contributed by atoms with Gasteiger partial charge in [0.25, 0.3) is 0 Å². The van der Waals surface area contributed by atoms with E-state index in [-0.39, 0.29) is 18.4 Å². The van der Waals surface area contributed by atoms with Gasteiger partial charge in [0.05, 0.1) is 12.5 Å². The number of halogens is 1. The van der Waals surface area contributed by atoms with Crippen LogP contribution in [0.25, 0.3) is 0 Å². The highest BCUT2D eigenvalue weighted by Gasteiger charge is 2.28. The van der Waals surface area contributed by atoms with Crippen molar-refractivity contribution in [1.82, 2.24) is 4.90 Å². The Bertz CT molecular complexity index is 493. The standard InChI is InChI=1S/C13H15IN2O3/c14-10-2-1-3-11(6-10)15-12(17)8-16-5-4-9(7-16)13(18)19/h1-3,6,9H,4-5,7-8H2,(H,15,17)(H,18,19). The molecule has 5 nitrogen and oxygen atoms in total. The first-order valence-electron chi connectivity index (χ1n) is 6.05. The minimum absolute atomic E-state index is 0.104. The number of benzene rings is 1. The maximum Gasteiger partial charge on any atom is 0.307 e. The van der Waals surface area contributed by atoms with E-state index in [2.05, 4.69) is 27.9 Å². The summed E-state index contributed by atoms with van der Waals surface area (Å²) in [5, 5.41) is 11.7. The number of carbonyl (C=O) groups is 2. The fourth-order valence-electron chi connectivity index (χ4n) is 2.15. The van der Waals surface area contributed by atoms with Gasteiger partial charge in [0.2, 0.25) is 5.91 Å². The molecule has 0 aliphatic carbocycles. The quantitative estimate of drug-likeness (QED) is 0.787. The Morgan fingerprint density at radius 2 is 2.26 bits per heavy atom. The number of rotatable bonds is 4. The second-order valence-electron chi connectivity index (χ2n) is 4.62. The van der Waals surface area contributed by atoms with Gasteiger partial charge >= 0.3 is 5.97 Å². The first-order valence-corrected chi connectivity index (χ1v) is 7.13. The van der Waals surface area contributed by atoms with Crippen LogP contribution in [-0.2, 0) is 9.59 Å². The molecule has 0 spiro atoms. The molecule has 1 aromatic rings. The SMILES string of the molecule is O=C(CN1CCC(C(=O)O)C1)Nc1cccc(I)c1. The first-order chi connectivity index (χ1) is 9.04. The third-order valence-corrected chi connectivity index (χ3v) is 3.77. The summed E-state index contributed by atoms with van der Waals surface area (Å²) >= 11 is 2.19. The topological polar surface area (TPSA) is 69.6 Å². The number of amides is 1. The van der Waals surface area contributed by atoms with E-state index >= 15 is 0 Å². The molecule has 2 rings (SSSR count). The Morgan fingerprint density at radius 3 is 2.89 bits per heavy atom. The summed E-state index contributed by atoms with van der Waals surface area (Å²) in [5.41, 5.74) is 0.769. The highest BCUT2D eigenvalue weighted by atomic mass is 127. The molecule has 19 heavy (non-hydrogen) atoms. The fraction of sp³-hybridized carbons (Fsp3) is 0.385. The molecule has 1 amide bonds. The van der Waals surface area contributed by atoms with Crippen LogP contribution in [0.2, 0.25) is 0 Å². The second-order valence-corrected chi connectivity index (χ2v) is 5.86. The van der Waals surface area contributed by atoms with Crippen molar-refractivity contribution in [3.05, 3.63) is 27.8 Å². The lowest BCUT2D eigenvalue weighted by Gasteiger charge is -2.14. The van der Waals surface area contributed by atoms with Crippen LogP contribution in [0.3, 0.4) is 0 Å². The highest BCUT2D eigenvalue weighted by molar-refractivity contribution is 14.1. The molecule has 2 N–H and O–H groups in total. The molecule has 1 unspecified atom stereocenters. The monoisotopic (exact) mass is 374 g/mol. The summed E-state index contributed by atoms with van der Waals surface area (Å²) in [7, 11) is 0. The number of nitrogens with one attached hydrogen (secondary N) is 1. The van der Waals surface area contributed by atoms with Crippen LogP contribution in [-0.4, -0.2) is 41.5 Å². The number of aliphatic carboxylic acids is 1. The maximum absolute atomic E-state index is 11.9. The molecular weight excluding hydrogens is 359 g/mol. The molecule has 1 aliphatic rings. The predicted octanol–water partition coefficient (Wildman–Crippen LogP) is 1.64. The van der Waals surface area contributed by atoms with Crippen LogP contribution in [0.1, 0.15) is 6.42 Å². The van der Waals surface area contributed by atoms with Crippen molar-refractivity contribution in [1.29, 1.82) is 0 Å². The van der Waals surface area contributed by atoms with Gasteiger partial charge < -0.3 is 10.4 Å². The minimum atomic E-state index is -0.777. The summed E-state index contributed by atoms with van der Waals surface area (Å²) in [4.78, 5) is 24.6. The van der Waals surface area contributed by atoms with Crippen LogP contribution in [0.5, 0.6) is 0 Å². The van der Waals surface area contributed by atoms with Crippen molar-refractivity contribution in [2.75, 3.05) is 25.0 Å². The molecule has 0 saturated carbocycles. The smallest absolute Gasteiger partial charge is 0.307 e. The minimum Gasteiger partial charge on any atom is -0.481 e. The fourth-order valence-corrected chi connectivity index (χ4v) is 2.69. The molecule has 1 atom stereocenters. The first kappa shape index (κ1) is 14.3. The number of carboxylic acid groups (broad SMARTS) is 1. The van der Waals surface area contributed by atoms with Crippen molar-refractivity contribution < 1.29 is 14.7 Å². The molecule has 1 heterocycles. The van der Waals surface area contributed by atoms with Crippen LogP contribution in [0, 0.1) is 9.49 Å².